The first kappa shape index (κ1) is 11.9. The summed E-state index contributed by atoms with van der Waals surface area (Å²) in [5.74, 6) is 1.17. The Morgan fingerprint density at radius 2 is 2.24 bits per heavy atom. The van der Waals surface area contributed by atoms with Gasteiger partial charge in [0.2, 0.25) is 0 Å². The highest BCUT2D eigenvalue weighted by molar-refractivity contribution is 7.11. The number of nitrogens with zero attached hydrogens (tertiary/aromatic N) is 2. The van der Waals surface area contributed by atoms with Crippen LogP contribution in [0.4, 0.5) is 11.6 Å². The Balaban J connectivity index is 1.95. The van der Waals surface area contributed by atoms with Crippen molar-refractivity contribution in [2.75, 3.05) is 11.1 Å². The van der Waals surface area contributed by atoms with Gasteiger partial charge in [-0.05, 0) is 26.0 Å². The molecule has 0 fully saturated rings. The van der Waals surface area contributed by atoms with Gasteiger partial charge in [0.05, 0.1) is 12.4 Å². The minimum Gasteiger partial charge on any atom is -0.382 e. The quantitative estimate of drug-likeness (QED) is 0.872. The fourth-order valence-corrected chi connectivity index (χ4v) is 2.67. The summed E-state index contributed by atoms with van der Waals surface area (Å²) in [6.45, 7) is 4.25. The topological polar surface area (TPSA) is 63.8 Å². The van der Waals surface area contributed by atoms with Crippen LogP contribution in [0.15, 0.2) is 24.5 Å². The maximum atomic E-state index is 5.58. The SMILES string of the molecule is Cc1ccc(CC(C)Nc2cncc(N)n2)s1. The number of anilines is 2. The van der Waals surface area contributed by atoms with Crippen molar-refractivity contribution in [1.29, 1.82) is 0 Å². The van der Waals surface area contributed by atoms with E-state index >= 15 is 0 Å². The van der Waals surface area contributed by atoms with Crippen LogP contribution in [0.2, 0.25) is 0 Å². The molecule has 2 aromatic heterocycles. The highest BCUT2D eigenvalue weighted by Gasteiger charge is 2.06. The third-order valence-electron chi connectivity index (χ3n) is 2.35. The van der Waals surface area contributed by atoms with Gasteiger partial charge in [0.15, 0.2) is 0 Å². The van der Waals surface area contributed by atoms with Crippen LogP contribution >= 0.6 is 11.3 Å². The monoisotopic (exact) mass is 248 g/mol. The minimum absolute atomic E-state index is 0.309. The molecule has 0 aliphatic rings. The Kier molecular flexibility index (Phi) is 3.58. The first-order valence-electron chi connectivity index (χ1n) is 5.53. The number of nitrogens with one attached hydrogen (secondary N) is 1. The normalized spacial score (nSPS) is 12.4. The van der Waals surface area contributed by atoms with Gasteiger partial charge in [-0.2, -0.15) is 0 Å². The molecule has 3 N–H and O–H groups in total. The Morgan fingerprint density at radius 3 is 2.88 bits per heavy atom. The van der Waals surface area contributed by atoms with Crippen LogP contribution in [0, 0.1) is 6.92 Å². The molecule has 0 spiro atoms. The van der Waals surface area contributed by atoms with Crippen LogP contribution in [-0.2, 0) is 6.42 Å². The number of nitrogen functional groups attached to an aromatic ring is 1. The maximum Gasteiger partial charge on any atom is 0.147 e. The van der Waals surface area contributed by atoms with Crippen molar-refractivity contribution in [1.82, 2.24) is 9.97 Å². The van der Waals surface area contributed by atoms with E-state index in [1.54, 1.807) is 12.4 Å². The first-order valence-corrected chi connectivity index (χ1v) is 6.34. The molecule has 2 aromatic rings. The first-order chi connectivity index (χ1) is 8.13. The molecule has 1 atom stereocenters. The zero-order chi connectivity index (χ0) is 12.3. The fourth-order valence-electron chi connectivity index (χ4n) is 1.65. The molecule has 0 saturated heterocycles. The number of aromatic nitrogens is 2. The Morgan fingerprint density at radius 1 is 1.41 bits per heavy atom. The van der Waals surface area contributed by atoms with Crippen molar-refractivity contribution in [3.63, 3.8) is 0 Å². The predicted molar refractivity (Wildman–Crippen MR) is 72.3 cm³/mol. The Bertz CT molecular complexity index is 495. The lowest BCUT2D eigenvalue weighted by Gasteiger charge is -2.13. The molecule has 5 heteroatoms. The molecule has 17 heavy (non-hydrogen) atoms. The summed E-state index contributed by atoms with van der Waals surface area (Å²) in [5.41, 5.74) is 5.58. The van der Waals surface area contributed by atoms with Crippen molar-refractivity contribution in [3.8, 4) is 0 Å². The van der Waals surface area contributed by atoms with E-state index in [2.05, 4.69) is 41.3 Å². The van der Waals surface area contributed by atoms with E-state index < -0.39 is 0 Å². The van der Waals surface area contributed by atoms with Crippen molar-refractivity contribution >= 4 is 23.0 Å². The van der Waals surface area contributed by atoms with E-state index in [1.807, 2.05) is 11.3 Å². The van der Waals surface area contributed by atoms with Gasteiger partial charge in [0, 0.05) is 22.2 Å². The van der Waals surface area contributed by atoms with Gasteiger partial charge in [-0.15, -0.1) is 11.3 Å². The molecule has 2 heterocycles. The summed E-state index contributed by atoms with van der Waals surface area (Å²) in [5, 5.41) is 3.29. The lowest BCUT2D eigenvalue weighted by molar-refractivity contribution is 0.793. The van der Waals surface area contributed by atoms with E-state index in [1.165, 1.54) is 9.75 Å². The lowest BCUT2D eigenvalue weighted by Crippen LogP contribution is -2.18. The molecule has 0 amide bonds. The molecule has 2 rings (SSSR count). The average molecular weight is 248 g/mol. The number of thiophene rings is 1. The molecule has 0 aliphatic carbocycles. The number of rotatable bonds is 4. The average Bonchev–Trinajstić information content (AvgIpc) is 2.63. The van der Waals surface area contributed by atoms with Gasteiger partial charge in [-0.3, -0.25) is 4.98 Å². The highest BCUT2D eigenvalue weighted by Crippen LogP contribution is 2.17. The number of hydrogen-bond acceptors (Lipinski definition) is 5. The van der Waals surface area contributed by atoms with Crippen molar-refractivity contribution in [3.05, 3.63) is 34.3 Å². The van der Waals surface area contributed by atoms with Crippen LogP contribution in [0.1, 0.15) is 16.7 Å². The summed E-state index contributed by atoms with van der Waals surface area (Å²) in [4.78, 5) is 10.9. The van der Waals surface area contributed by atoms with Gasteiger partial charge >= 0.3 is 0 Å². The van der Waals surface area contributed by atoms with E-state index in [-0.39, 0.29) is 0 Å². The van der Waals surface area contributed by atoms with Crippen LogP contribution in [0.3, 0.4) is 0 Å². The third kappa shape index (κ3) is 3.42. The molecular formula is C12H16N4S. The second kappa shape index (κ2) is 5.14. The van der Waals surface area contributed by atoms with Gasteiger partial charge in [0.1, 0.15) is 11.6 Å². The second-order valence-corrected chi connectivity index (χ2v) is 5.46. The third-order valence-corrected chi connectivity index (χ3v) is 3.37. The lowest BCUT2D eigenvalue weighted by atomic mass is 10.2. The van der Waals surface area contributed by atoms with Gasteiger partial charge in [-0.1, -0.05) is 0 Å². The summed E-state index contributed by atoms with van der Waals surface area (Å²) in [7, 11) is 0. The molecular weight excluding hydrogens is 232 g/mol. The van der Waals surface area contributed by atoms with Crippen molar-refractivity contribution < 1.29 is 0 Å². The molecule has 90 valence electrons. The van der Waals surface area contributed by atoms with E-state index in [0.29, 0.717) is 11.9 Å². The molecule has 0 saturated carbocycles. The summed E-state index contributed by atoms with van der Waals surface area (Å²) in [6, 6.07) is 4.63. The zero-order valence-corrected chi connectivity index (χ0v) is 10.8. The van der Waals surface area contributed by atoms with Gasteiger partial charge < -0.3 is 11.1 Å². The molecule has 0 radical (unpaired) electrons. The summed E-state index contributed by atoms with van der Waals surface area (Å²) in [6.07, 6.45) is 4.21. The summed E-state index contributed by atoms with van der Waals surface area (Å²) < 4.78 is 0. The van der Waals surface area contributed by atoms with Crippen LogP contribution in [-0.4, -0.2) is 16.0 Å². The largest absolute Gasteiger partial charge is 0.382 e. The number of nitrogens with two attached hydrogens (primary N) is 1. The molecule has 0 bridgehead atoms. The fraction of sp³-hybridized carbons (Fsp3) is 0.333. The van der Waals surface area contributed by atoms with Crippen molar-refractivity contribution in [2.24, 2.45) is 0 Å². The van der Waals surface area contributed by atoms with Crippen LogP contribution in [0.5, 0.6) is 0 Å². The maximum absolute atomic E-state index is 5.58. The van der Waals surface area contributed by atoms with Gasteiger partial charge in [-0.25, -0.2) is 4.98 Å². The Labute approximate surface area is 105 Å². The smallest absolute Gasteiger partial charge is 0.147 e. The highest BCUT2D eigenvalue weighted by atomic mass is 32.1. The number of hydrogen-bond donors (Lipinski definition) is 2. The second-order valence-electron chi connectivity index (χ2n) is 4.09. The summed E-state index contributed by atoms with van der Waals surface area (Å²) >= 11 is 1.83. The molecule has 0 aliphatic heterocycles. The van der Waals surface area contributed by atoms with E-state index in [9.17, 15) is 0 Å². The van der Waals surface area contributed by atoms with Crippen LogP contribution < -0.4 is 11.1 Å². The minimum atomic E-state index is 0.309. The predicted octanol–water partition coefficient (Wildman–Crippen LogP) is 2.47. The molecule has 4 nitrogen and oxygen atoms in total. The van der Waals surface area contributed by atoms with Crippen LogP contribution in [0.25, 0.3) is 0 Å². The Hall–Kier alpha value is -1.62. The standard InChI is InChI=1S/C12H16N4S/c1-8(5-10-4-3-9(2)17-10)15-12-7-14-6-11(13)16-12/h3-4,6-8H,5H2,1-2H3,(H3,13,15,16). The number of aryl methyl sites for hydroxylation is 1. The van der Waals surface area contributed by atoms with Gasteiger partial charge in [0.25, 0.3) is 0 Å². The van der Waals surface area contributed by atoms with E-state index in [0.717, 1.165) is 12.2 Å². The van der Waals surface area contributed by atoms with Crippen molar-refractivity contribution in [2.45, 2.75) is 26.3 Å². The van der Waals surface area contributed by atoms with E-state index in [4.69, 9.17) is 5.73 Å². The molecule has 0 aromatic carbocycles. The zero-order valence-electron chi connectivity index (χ0n) is 9.97. The molecule has 1 unspecified atom stereocenters.